The molecule has 0 spiro atoms. The number of fused-ring (bicyclic) bond motifs is 1. The van der Waals surface area contributed by atoms with Gasteiger partial charge in [-0.15, -0.1) is 24.5 Å². The average Bonchev–Trinajstić information content (AvgIpc) is 3.38. The summed E-state index contributed by atoms with van der Waals surface area (Å²) in [4.78, 5) is 32.5. The second kappa shape index (κ2) is 13.0. The summed E-state index contributed by atoms with van der Waals surface area (Å²) in [5, 5.41) is 26.4. The minimum absolute atomic E-state index is 0.196. The highest BCUT2D eigenvalue weighted by atomic mass is 32.2. The molecule has 7 rings (SSSR count). The number of aryl methyl sites for hydroxylation is 1. The highest BCUT2D eigenvalue weighted by molar-refractivity contribution is 8.00. The van der Waals surface area contributed by atoms with Gasteiger partial charge in [0.15, 0.2) is 5.13 Å². The van der Waals surface area contributed by atoms with Crippen molar-refractivity contribution in [3.05, 3.63) is 70.6 Å². The zero-order valence-electron chi connectivity index (χ0n) is 25.9. The Kier molecular flexibility index (Phi) is 8.81. The Morgan fingerprint density at radius 1 is 1.10 bits per heavy atom. The van der Waals surface area contributed by atoms with Crippen molar-refractivity contribution in [3.8, 4) is 5.75 Å². The molecule has 3 aliphatic rings. The standard InChI is InChI=1S/C32H33F3N8O3S2/c1-15(17-5-7-20(8-6-17)46-32(33,34)35)38-30-39-16(2)24(29-41-26-23(48-29)9-10-36-25(26)18-3-4-18)27(42-30)40-21-13-19(14-22(21)44)28(45)43-31-37-11-12-47-31/h5-12,15,18-19,21-22,29,41,44H,3-4,13-14H2,1-2H3,(H,37,43,45)(H2,38,39,40,42). The van der Waals surface area contributed by atoms with Crippen LogP contribution < -0.4 is 26.0 Å². The summed E-state index contributed by atoms with van der Waals surface area (Å²) in [6.07, 6.45) is 0.772. The first-order valence-corrected chi connectivity index (χ1v) is 17.3. The fourth-order valence-corrected chi connectivity index (χ4v) is 7.93. The third-order valence-corrected chi connectivity index (χ3v) is 10.5. The number of hydrogen-bond donors (Lipinski definition) is 5. The Labute approximate surface area is 282 Å². The zero-order chi connectivity index (χ0) is 33.6. The quantitative estimate of drug-likeness (QED) is 0.117. The van der Waals surface area contributed by atoms with Gasteiger partial charge >= 0.3 is 6.36 Å². The molecule has 5 N–H and O–H groups in total. The second-order valence-electron chi connectivity index (χ2n) is 12.2. The molecule has 1 aromatic carbocycles. The van der Waals surface area contributed by atoms with Gasteiger partial charge in [0.1, 0.15) is 16.9 Å². The van der Waals surface area contributed by atoms with Crippen molar-refractivity contribution < 1.29 is 27.8 Å². The van der Waals surface area contributed by atoms with Crippen LogP contribution in [0.15, 0.2) is 53.0 Å². The zero-order valence-corrected chi connectivity index (χ0v) is 27.5. The maximum absolute atomic E-state index is 13.0. The molecule has 5 unspecified atom stereocenters. The third-order valence-electron chi connectivity index (χ3n) is 8.67. The van der Waals surface area contributed by atoms with E-state index in [4.69, 9.17) is 9.97 Å². The average molecular weight is 699 g/mol. The Morgan fingerprint density at radius 2 is 1.90 bits per heavy atom. The molecule has 4 heterocycles. The maximum atomic E-state index is 13.0. The SMILES string of the molecule is Cc1nc(NC(C)c2ccc(OC(F)(F)F)cc2)nc(NC2CC(C(=O)Nc3nccs3)CC2O)c1C1Nc2c(ccnc2C2CC2)S1. The molecule has 2 fully saturated rings. The molecule has 0 bridgehead atoms. The molecule has 252 valence electrons. The smallest absolute Gasteiger partial charge is 0.406 e. The van der Waals surface area contributed by atoms with Crippen LogP contribution in [0.1, 0.15) is 72.5 Å². The lowest BCUT2D eigenvalue weighted by molar-refractivity contribution is -0.274. The van der Waals surface area contributed by atoms with E-state index in [0.717, 1.165) is 34.7 Å². The van der Waals surface area contributed by atoms with Gasteiger partial charge in [-0.3, -0.25) is 9.78 Å². The molecule has 0 radical (unpaired) electrons. The molecule has 2 saturated carbocycles. The Morgan fingerprint density at radius 3 is 2.60 bits per heavy atom. The highest BCUT2D eigenvalue weighted by Crippen LogP contribution is 2.53. The van der Waals surface area contributed by atoms with Crippen LogP contribution in [0.25, 0.3) is 0 Å². The molecule has 5 atom stereocenters. The van der Waals surface area contributed by atoms with Gasteiger partial charge in [0.25, 0.3) is 0 Å². The number of nitrogens with one attached hydrogen (secondary N) is 4. The van der Waals surface area contributed by atoms with E-state index in [9.17, 15) is 23.1 Å². The van der Waals surface area contributed by atoms with E-state index in [1.54, 1.807) is 35.5 Å². The highest BCUT2D eigenvalue weighted by Gasteiger charge is 2.40. The predicted molar refractivity (Wildman–Crippen MR) is 177 cm³/mol. The van der Waals surface area contributed by atoms with Crippen LogP contribution >= 0.6 is 23.1 Å². The largest absolute Gasteiger partial charge is 0.573 e. The lowest BCUT2D eigenvalue weighted by atomic mass is 10.1. The van der Waals surface area contributed by atoms with Crippen LogP contribution in [0.5, 0.6) is 5.75 Å². The van der Waals surface area contributed by atoms with E-state index < -0.39 is 24.4 Å². The molecular formula is C32H33F3N8O3S2. The molecule has 16 heteroatoms. The number of aromatic nitrogens is 4. The predicted octanol–water partition coefficient (Wildman–Crippen LogP) is 6.99. The molecular weight excluding hydrogens is 666 g/mol. The maximum Gasteiger partial charge on any atom is 0.573 e. The van der Waals surface area contributed by atoms with Crippen molar-refractivity contribution in [3.63, 3.8) is 0 Å². The summed E-state index contributed by atoms with van der Waals surface area (Å²) in [7, 11) is 0. The van der Waals surface area contributed by atoms with E-state index >= 15 is 0 Å². The normalized spacial score (nSPS) is 22.5. The Hall–Kier alpha value is -4.15. The number of ether oxygens (including phenoxy) is 1. The fourth-order valence-electron chi connectivity index (χ4n) is 6.15. The van der Waals surface area contributed by atoms with E-state index in [-0.39, 0.29) is 29.5 Å². The van der Waals surface area contributed by atoms with Crippen molar-refractivity contribution in [2.24, 2.45) is 5.92 Å². The number of anilines is 4. The van der Waals surface area contributed by atoms with Gasteiger partial charge in [-0.1, -0.05) is 23.9 Å². The Balaban J connectivity index is 1.14. The first-order valence-electron chi connectivity index (χ1n) is 15.6. The minimum atomic E-state index is -4.77. The number of aliphatic hydroxyl groups is 1. The fraction of sp³-hybridized carbons (Fsp3) is 0.406. The third kappa shape index (κ3) is 7.15. The lowest BCUT2D eigenvalue weighted by Crippen LogP contribution is -2.30. The van der Waals surface area contributed by atoms with Crippen LogP contribution in [0.4, 0.5) is 35.8 Å². The molecule has 11 nitrogen and oxygen atoms in total. The number of benzene rings is 1. The molecule has 2 aliphatic carbocycles. The molecule has 48 heavy (non-hydrogen) atoms. The van der Waals surface area contributed by atoms with Crippen molar-refractivity contribution in [1.82, 2.24) is 19.9 Å². The van der Waals surface area contributed by atoms with Gasteiger partial charge in [-0.2, -0.15) is 4.98 Å². The lowest BCUT2D eigenvalue weighted by Gasteiger charge is -2.24. The summed E-state index contributed by atoms with van der Waals surface area (Å²) in [5.74, 6) is 0.329. The van der Waals surface area contributed by atoms with E-state index in [2.05, 4.69) is 36.0 Å². The van der Waals surface area contributed by atoms with Gasteiger partial charge in [0.05, 0.1) is 35.3 Å². The number of nitrogens with zero attached hydrogens (tertiary/aromatic N) is 4. The van der Waals surface area contributed by atoms with Gasteiger partial charge in [-0.25, -0.2) is 9.97 Å². The van der Waals surface area contributed by atoms with Crippen molar-refractivity contribution in [2.75, 3.05) is 21.3 Å². The Bertz CT molecular complexity index is 1790. The number of hydrogen-bond acceptors (Lipinski definition) is 12. The molecule has 1 amide bonds. The van der Waals surface area contributed by atoms with E-state index in [1.807, 2.05) is 26.1 Å². The first-order chi connectivity index (χ1) is 23.0. The molecule has 0 saturated heterocycles. The number of aliphatic hydroxyl groups excluding tert-OH is 1. The van der Waals surface area contributed by atoms with Crippen molar-refractivity contribution in [2.45, 2.75) is 80.3 Å². The van der Waals surface area contributed by atoms with Crippen LogP contribution in [-0.4, -0.2) is 49.5 Å². The van der Waals surface area contributed by atoms with Gasteiger partial charge in [0, 0.05) is 40.1 Å². The van der Waals surface area contributed by atoms with E-state index in [0.29, 0.717) is 40.5 Å². The van der Waals surface area contributed by atoms with Crippen LogP contribution in [0, 0.1) is 12.8 Å². The monoisotopic (exact) mass is 698 g/mol. The number of thiazole rings is 1. The van der Waals surface area contributed by atoms with Crippen LogP contribution in [-0.2, 0) is 4.79 Å². The number of carbonyl (C=O) groups excluding carboxylic acids is 1. The first kappa shape index (κ1) is 32.4. The van der Waals surface area contributed by atoms with Crippen molar-refractivity contribution >= 4 is 51.6 Å². The molecule has 1 aliphatic heterocycles. The van der Waals surface area contributed by atoms with E-state index in [1.165, 1.54) is 23.5 Å². The summed E-state index contributed by atoms with van der Waals surface area (Å²) in [6, 6.07) is 6.79. The topological polar surface area (TPSA) is 146 Å². The number of amides is 1. The van der Waals surface area contributed by atoms with Crippen LogP contribution in [0.2, 0.25) is 0 Å². The van der Waals surface area contributed by atoms with Crippen molar-refractivity contribution in [1.29, 1.82) is 0 Å². The summed E-state index contributed by atoms with van der Waals surface area (Å²) < 4.78 is 41.9. The number of halogens is 3. The van der Waals surface area contributed by atoms with Crippen LogP contribution in [0.3, 0.4) is 0 Å². The van der Waals surface area contributed by atoms with Gasteiger partial charge < -0.3 is 31.1 Å². The number of carbonyl (C=O) groups is 1. The number of pyridine rings is 1. The summed E-state index contributed by atoms with van der Waals surface area (Å²) in [6.45, 7) is 3.74. The molecule has 3 aromatic heterocycles. The second-order valence-corrected chi connectivity index (χ2v) is 14.2. The number of alkyl halides is 3. The number of thioether (sulfide) groups is 1. The number of rotatable bonds is 10. The van der Waals surface area contributed by atoms with Gasteiger partial charge in [0.2, 0.25) is 11.9 Å². The molecule has 4 aromatic rings. The summed E-state index contributed by atoms with van der Waals surface area (Å²) >= 11 is 2.98. The summed E-state index contributed by atoms with van der Waals surface area (Å²) in [5.41, 5.74) is 4.30. The van der Waals surface area contributed by atoms with Gasteiger partial charge in [-0.05, 0) is 63.3 Å². The minimum Gasteiger partial charge on any atom is -0.406 e.